The third-order valence-electron chi connectivity index (χ3n) is 8.62. The second-order valence-corrected chi connectivity index (χ2v) is 11.2. The van der Waals surface area contributed by atoms with Gasteiger partial charge in [-0.15, -0.1) is 0 Å². The lowest BCUT2D eigenvalue weighted by atomic mass is 9.52. The summed E-state index contributed by atoms with van der Waals surface area (Å²) in [6.07, 6.45) is 9.86. The minimum atomic E-state index is 0.193. The van der Waals surface area contributed by atoms with E-state index < -0.39 is 0 Å². The topological polar surface area (TPSA) is 64.6 Å². The molecule has 1 N–H and O–H groups in total. The maximum atomic E-state index is 12.8. The highest BCUT2D eigenvalue weighted by atomic mass is 16.2. The molecule has 32 heavy (non-hydrogen) atoms. The predicted molar refractivity (Wildman–Crippen MR) is 126 cm³/mol. The molecule has 7 nitrogen and oxygen atoms in total. The minimum Gasteiger partial charge on any atom is -0.369 e. The quantitative estimate of drug-likeness (QED) is 0.669. The highest BCUT2D eigenvalue weighted by Crippen LogP contribution is 2.56. The Hall–Kier alpha value is -1.73. The Balaban J connectivity index is 1.17. The number of hydrogen-bond acceptors (Lipinski definition) is 6. The van der Waals surface area contributed by atoms with Gasteiger partial charge in [0.25, 0.3) is 0 Å². The number of nitrogens with zero attached hydrogens (tertiary/aromatic N) is 5. The Kier molecular flexibility index (Phi) is 6.39. The van der Waals surface area contributed by atoms with Crippen molar-refractivity contribution in [3.8, 4) is 0 Å². The first-order valence-electron chi connectivity index (χ1n) is 12.6. The Morgan fingerprint density at radius 2 is 1.78 bits per heavy atom. The third kappa shape index (κ3) is 4.65. The van der Waals surface area contributed by atoms with Gasteiger partial charge in [-0.2, -0.15) is 0 Å². The fourth-order valence-corrected chi connectivity index (χ4v) is 7.09. The van der Waals surface area contributed by atoms with Crippen molar-refractivity contribution in [2.45, 2.75) is 45.1 Å². The number of fused-ring (bicyclic) bond motifs is 1. The summed E-state index contributed by atoms with van der Waals surface area (Å²) in [4.78, 5) is 28.2. The molecule has 0 saturated heterocycles. The van der Waals surface area contributed by atoms with Crippen molar-refractivity contribution in [2.24, 2.45) is 29.6 Å². The minimum absolute atomic E-state index is 0.193. The van der Waals surface area contributed by atoms with Gasteiger partial charge in [0.05, 0.1) is 18.8 Å². The summed E-state index contributed by atoms with van der Waals surface area (Å²) in [7, 11) is 6.14. The average molecular weight is 441 g/mol. The molecule has 2 heterocycles. The van der Waals surface area contributed by atoms with Crippen LogP contribution in [0.5, 0.6) is 0 Å². The zero-order valence-electron chi connectivity index (χ0n) is 20.1. The van der Waals surface area contributed by atoms with E-state index in [9.17, 15) is 4.79 Å². The molecule has 5 aliphatic rings. The average Bonchev–Trinajstić information content (AvgIpc) is 2.76. The molecule has 176 valence electrons. The highest BCUT2D eigenvalue weighted by Gasteiger charge is 2.47. The molecule has 1 aromatic rings. The van der Waals surface area contributed by atoms with Crippen LogP contribution in [0.15, 0.2) is 6.33 Å². The Morgan fingerprint density at radius 3 is 2.47 bits per heavy atom. The lowest BCUT2D eigenvalue weighted by molar-refractivity contribution is -0.133. The molecule has 1 aromatic heterocycles. The van der Waals surface area contributed by atoms with Crippen molar-refractivity contribution >= 4 is 11.7 Å². The molecule has 4 fully saturated rings. The number of rotatable bonds is 8. The molecule has 0 unspecified atom stereocenters. The van der Waals surface area contributed by atoms with E-state index >= 15 is 0 Å². The van der Waals surface area contributed by atoms with Gasteiger partial charge in [-0.3, -0.25) is 9.69 Å². The van der Waals surface area contributed by atoms with E-state index in [1.165, 1.54) is 37.7 Å². The molecule has 1 amide bonds. The number of hydrogen-bond donors (Lipinski definition) is 1. The SMILES string of the molecule is CN(C)CCN(C)CC(=O)N1CCc2c(ncnc2NCC2C3CC4CC(C3)CC2C4)C1. The van der Waals surface area contributed by atoms with Crippen LogP contribution in [0.3, 0.4) is 0 Å². The monoisotopic (exact) mass is 440 g/mol. The van der Waals surface area contributed by atoms with Crippen LogP contribution in [0, 0.1) is 29.6 Å². The summed E-state index contributed by atoms with van der Waals surface area (Å²) in [5.41, 5.74) is 2.24. The van der Waals surface area contributed by atoms with Gasteiger partial charge in [0.15, 0.2) is 0 Å². The molecule has 0 spiro atoms. The molecule has 1 aliphatic heterocycles. The van der Waals surface area contributed by atoms with Crippen LogP contribution in [0.4, 0.5) is 5.82 Å². The maximum Gasteiger partial charge on any atom is 0.237 e. The van der Waals surface area contributed by atoms with Crippen molar-refractivity contribution in [1.29, 1.82) is 0 Å². The van der Waals surface area contributed by atoms with Gasteiger partial charge in [-0.25, -0.2) is 9.97 Å². The van der Waals surface area contributed by atoms with Crippen LogP contribution in [0.25, 0.3) is 0 Å². The predicted octanol–water partition coefficient (Wildman–Crippen LogP) is 2.34. The van der Waals surface area contributed by atoms with Crippen LogP contribution < -0.4 is 5.32 Å². The van der Waals surface area contributed by atoms with Gasteiger partial charge in [-0.05, 0) is 89.3 Å². The molecule has 0 atom stereocenters. The highest BCUT2D eigenvalue weighted by molar-refractivity contribution is 5.78. The Labute approximate surface area is 193 Å². The zero-order chi connectivity index (χ0) is 22.2. The molecule has 4 aliphatic carbocycles. The van der Waals surface area contributed by atoms with E-state index in [1.54, 1.807) is 6.33 Å². The van der Waals surface area contributed by atoms with Gasteiger partial charge in [0.2, 0.25) is 5.91 Å². The lowest BCUT2D eigenvalue weighted by Gasteiger charge is -2.54. The van der Waals surface area contributed by atoms with E-state index in [0.717, 1.165) is 73.7 Å². The number of nitrogens with one attached hydrogen (secondary N) is 1. The maximum absolute atomic E-state index is 12.8. The van der Waals surface area contributed by atoms with E-state index in [-0.39, 0.29) is 5.91 Å². The first-order chi connectivity index (χ1) is 15.5. The van der Waals surface area contributed by atoms with Crippen molar-refractivity contribution in [3.63, 3.8) is 0 Å². The lowest BCUT2D eigenvalue weighted by Crippen LogP contribution is -2.47. The van der Waals surface area contributed by atoms with Gasteiger partial charge in [-0.1, -0.05) is 0 Å². The first kappa shape index (κ1) is 22.1. The van der Waals surface area contributed by atoms with Gasteiger partial charge in [0.1, 0.15) is 12.1 Å². The number of likely N-dealkylation sites (N-methyl/N-ethyl adjacent to an activating group) is 2. The molecule has 7 heteroatoms. The van der Waals surface area contributed by atoms with E-state index in [2.05, 4.69) is 39.2 Å². The summed E-state index contributed by atoms with van der Waals surface area (Å²) in [6.45, 7) is 4.73. The fourth-order valence-electron chi connectivity index (χ4n) is 7.09. The van der Waals surface area contributed by atoms with Crippen LogP contribution in [0.1, 0.15) is 43.4 Å². The molecule has 0 aromatic carbocycles. The zero-order valence-corrected chi connectivity index (χ0v) is 20.1. The van der Waals surface area contributed by atoms with Crippen LogP contribution in [-0.2, 0) is 17.8 Å². The molecular formula is C25H40N6O. The van der Waals surface area contributed by atoms with Gasteiger partial charge in [0, 0.05) is 31.7 Å². The number of aromatic nitrogens is 2. The van der Waals surface area contributed by atoms with Crippen LogP contribution >= 0.6 is 0 Å². The van der Waals surface area contributed by atoms with E-state index in [0.29, 0.717) is 13.1 Å². The molecule has 0 radical (unpaired) electrons. The Bertz CT molecular complexity index is 799. The summed E-state index contributed by atoms with van der Waals surface area (Å²) < 4.78 is 0. The number of carbonyl (C=O) groups excluding carboxylic acids is 1. The normalized spacial score (nSPS) is 30.8. The second-order valence-electron chi connectivity index (χ2n) is 11.2. The molecular weight excluding hydrogens is 400 g/mol. The smallest absolute Gasteiger partial charge is 0.237 e. The number of amides is 1. The molecule has 6 rings (SSSR count). The second kappa shape index (κ2) is 9.26. The number of anilines is 1. The van der Waals surface area contributed by atoms with E-state index in [4.69, 9.17) is 0 Å². The third-order valence-corrected chi connectivity index (χ3v) is 8.62. The van der Waals surface area contributed by atoms with Crippen molar-refractivity contribution in [1.82, 2.24) is 24.7 Å². The molecule has 4 saturated carbocycles. The number of carbonyl (C=O) groups is 1. The van der Waals surface area contributed by atoms with Crippen molar-refractivity contribution < 1.29 is 4.79 Å². The summed E-state index contributed by atoms with van der Waals surface area (Å²) in [5, 5.41) is 3.74. The first-order valence-corrected chi connectivity index (χ1v) is 12.6. The molecule has 4 bridgehead atoms. The van der Waals surface area contributed by atoms with E-state index in [1.807, 2.05) is 11.9 Å². The van der Waals surface area contributed by atoms with Gasteiger partial charge < -0.3 is 15.1 Å². The summed E-state index contributed by atoms with van der Waals surface area (Å²) in [6, 6.07) is 0. The Morgan fingerprint density at radius 1 is 1.06 bits per heavy atom. The van der Waals surface area contributed by atoms with Gasteiger partial charge >= 0.3 is 0 Å². The fraction of sp³-hybridized carbons (Fsp3) is 0.800. The standard InChI is InChI=1S/C25H40N6O/c1-29(2)6-7-30(3)15-24(32)31-5-4-21-23(14-31)27-16-28-25(21)26-13-22-19-9-17-8-18(11-19)12-20(22)10-17/h16-20,22H,4-15H2,1-3H3,(H,26,27,28). The van der Waals surface area contributed by atoms with Crippen LogP contribution in [-0.4, -0.2) is 84.4 Å². The van der Waals surface area contributed by atoms with Crippen molar-refractivity contribution in [3.05, 3.63) is 17.6 Å². The summed E-state index contributed by atoms with van der Waals surface area (Å²) in [5.74, 6) is 5.91. The summed E-state index contributed by atoms with van der Waals surface area (Å²) >= 11 is 0. The largest absolute Gasteiger partial charge is 0.369 e. The van der Waals surface area contributed by atoms with Crippen molar-refractivity contribution in [2.75, 3.05) is 59.2 Å². The van der Waals surface area contributed by atoms with Crippen LogP contribution in [0.2, 0.25) is 0 Å².